The van der Waals surface area contributed by atoms with Gasteiger partial charge < -0.3 is 15.5 Å². The predicted molar refractivity (Wildman–Crippen MR) is 93.2 cm³/mol. The zero-order valence-electron chi connectivity index (χ0n) is 13.2. The summed E-state index contributed by atoms with van der Waals surface area (Å²) in [7, 11) is 4.14. The van der Waals surface area contributed by atoms with Gasteiger partial charge in [-0.05, 0) is 58.3 Å². The molecule has 0 amide bonds. The van der Waals surface area contributed by atoms with E-state index in [1.807, 2.05) is 37.3 Å². The molecule has 1 heterocycles. The third-order valence-corrected chi connectivity index (χ3v) is 3.29. The van der Waals surface area contributed by atoms with Gasteiger partial charge >= 0.3 is 0 Å². The number of aryl methyl sites for hydroxylation is 1. The van der Waals surface area contributed by atoms with E-state index in [0.29, 0.717) is 5.02 Å². The quantitative estimate of drug-likeness (QED) is 0.764. The topological polar surface area (TPSA) is 53.1 Å². The molecule has 0 aliphatic heterocycles. The van der Waals surface area contributed by atoms with Crippen LogP contribution >= 0.6 is 11.6 Å². The lowest BCUT2D eigenvalue weighted by Gasteiger charge is -2.12. The molecule has 0 aliphatic carbocycles. The molecule has 0 unspecified atom stereocenters. The highest BCUT2D eigenvalue weighted by molar-refractivity contribution is 6.30. The summed E-state index contributed by atoms with van der Waals surface area (Å²) in [5.74, 6) is 2.33. The van der Waals surface area contributed by atoms with Crippen LogP contribution < -0.4 is 10.6 Å². The molecule has 0 spiro atoms. The Morgan fingerprint density at radius 3 is 2.45 bits per heavy atom. The van der Waals surface area contributed by atoms with Crippen molar-refractivity contribution in [3.63, 3.8) is 0 Å². The summed E-state index contributed by atoms with van der Waals surface area (Å²) in [6.07, 6.45) is 1.07. The van der Waals surface area contributed by atoms with E-state index in [1.165, 1.54) is 0 Å². The average molecular weight is 320 g/mol. The largest absolute Gasteiger partial charge is 0.370 e. The lowest BCUT2D eigenvalue weighted by atomic mass is 10.3. The Hall–Kier alpha value is -1.85. The van der Waals surface area contributed by atoms with Crippen LogP contribution in [0.3, 0.4) is 0 Å². The summed E-state index contributed by atoms with van der Waals surface area (Å²) >= 11 is 5.89. The maximum absolute atomic E-state index is 5.89. The van der Waals surface area contributed by atoms with Crippen molar-refractivity contribution in [2.24, 2.45) is 0 Å². The number of aromatic nitrogens is 2. The van der Waals surface area contributed by atoms with E-state index >= 15 is 0 Å². The number of nitrogens with zero attached hydrogens (tertiary/aromatic N) is 3. The van der Waals surface area contributed by atoms with Gasteiger partial charge in [0.25, 0.3) is 0 Å². The SMILES string of the molecule is Cc1nc(NCCCN(C)C)cc(Nc2ccc(Cl)cc2)n1. The predicted octanol–water partition coefficient (Wildman–Crippen LogP) is 3.55. The summed E-state index contributed by atoms with van der Waals surface area (Å²) in [4.78, 5) is 11.0. The van der Waals surface area contributed by atoms with Crippen LogP contribution in [0, 0.1) is 6.92 Å². The number of hydrogen-bond acceptors (Lipinski definition) is 5. The van der Waals surface area contributed by atoms with Gasteiger partial charge in [-0.15, -0.1) is 0 Å². The molecule has 118 valence electrons. The van der Waals surface area contributed by atoms with Gasteiger partial charge in [-0.25, -0.2) is 9.97 Å². The summed E-state index contributed by atoms with van der Waals surface area (Å²) in [6, 6.07) is 9.45. The molecule has 0 bridgehead atoms. The fraction of sp³-hybridized carbons (Fsp3) is 0.375. The maximum atomic E-state index is 5.89. The monoisotopic (exact) mass is 319 g/mol. The second kappa shape index (κ2) is 7.96. The average Bonchev–Trinajstić information content (AvgIpc) is 2.45. The first kappa shape index (κ1) is 16.5. The zero-order valence-corrected chi connectivity index (χ0v) is 14.0. The van der Waals surface area contributed by atoms with Gasteiger partial charge in [0.1, 0.15) is 17.5 Å². The maximum Gasteiger partial charge on any atom is 0.136 e. The molecule has 0 atom stereocenters. The van der Waals surface area contributed by atoms with Gasteiger partial charge in [0.05, 0.1) is 0 Å². The Labute approximate surface area is 136 Å². The van der Waals surface area contributed by atoms with Crippen molar-refractivity contribution in [1.82, 2.24) is 14.9 Å². The molecule has 2 aromatic rings. The lowest BCUT2D eigenvalue weighted by molar-refractivity contribution is 0.405. The van der Waals surface area contributed by atoms with E-state index in [1.54, 1.807) is 0 Å². The number of anilines is 3. The Kier molecular flexibility index (Phi) is 5.98. The molecule has 0 radical (unpaired) electrons. The summed E-state index contributed by atoms with van der Waals surface area (Å²) in [5.41, 5.74) is 0.945. The van der Waals surface area contributed by atoms with Crippen molar-refractivity contribution in [3.05, 3.63) is 41.2 Å². The second-order valence-electron chi connectivity index (χ2n) is 5.40. The Morgan fingerprint density at radius 2 is 1.77 bits per heavy atom. The summed E-state index contributed by atoms with van der Waals surface area (Å²) in [5, 5.41) is 7.32. The molecule has 2 N–H and O–H groups in total. The van der Waals surface area contributed by atoms with Crippen LogP contribution in [0.25, 0.3) is 0 Å². The van der Waals surface area contributed by atoms with Crippen LogP contribution in [-0.2, 0) is 0 Å². The first-order valence-electron chi connectivity index (χ1n) is 7.30. The van der Waals surface area contributed by atoms with E-state index < -0.39 is 0 Å². The second-order valence-corrected chi connectivity index (χ2v) is 5.84. The number of benzene rings is 1. The van der Waals surface area contributed by atoms with E-state index in [4.69, 9.17) is 11.6 Å². The molecule has 0 aliphatic rings. The normalized spacial score (nSPS) is 10.8. The molecule has 0 fully saturated rings. The first-order chi connectivity index (χ1) is 10.5. The van der Waals surface area contributed by atoms with E-state index in [-0.39, 0.29) is 0 Å². The van der Waals surface area contributed by atoms with Gasteiger partial charge in [0.15, 0.2) is 0 Å². The van der Waals surface area contributed by atoms with Crippen LogP contribution in [0.4, 0.5) is 17.3 Å². The van der Waals surface area contributed by atoms with Crippen molar-refractivity contribution in [2.45, 2.75) is 13.3 Å². The van der Waals surface area contributed by atoms with Crippen LogP contribution in [-0.4, -0.2) is 42.1 Å². The van der Waals surface area contributed by atoms with Crippen LogP contribution in [0.5, 0.6) is 0 Å². The number of hydrogen-bond donors (Lipinski definition) is 2. The summed E-state index contributed by atoms with van der Waals surface area (Å²) < 4.78 is 0. The number of halogens is 1. The van der Waals surface area contributed by atoms with Gasteiger partial charge in [0, 0.05) is 23.3 Å². The van der Waals surface area contributed by atoms with Crippen molar-refractivity contribution < 1.29 is 0 Å². The highest BCUT2D eigenvalue weighted by Gasteiger charge is 2.03. The van der Waals surface area contributed by atoms with Crippen LogP contribution in [0.2, 0.25) is 5.02 Å². The van der Waals surface area contributed by atoms with Gasteiger partial charge in [-0.3, -0.25) is 0 Å². The highest BCUT2D eigenvalue weighted by atomic mass is 35.5. The molecule has 0 saturated heterocycles. The van der Waals surface area contributed by atoms with Gasteiger partial charge in [0.2, 0.25) is 0 Å². The first-order valence-corrected chi connectivity index (χ1v) is 7.67. The Bertz CT molecular complexity index is 598. The fourth-order valence-electron chi connectivity index (χ4n) is 2.02. The van der Waals surface area contributed by atoms with Crippen molar-refractivity contribution >= 4 is 28.9 Å². The van der Waals surface area contributed by atoms with Crippen LogP contribution in [0.15, 0.2) is 30.3 Å². The fourth-order valence-corrected chi connectivity index (χ4v) is 2.14. The molecule has 1 aromatic carbocycles. The lowest BCUT2D eigenvalue weighted by Crippen LogP contribution is -2.16. The molecule has 2 rings (SSSR count). The smallest absolute Gasteiger partial charge is 0.136 e. The molecular formula is C16H22ClN5. The standard InChI is InChI=1S/C16H22ClN5/c1-12-19-15(18-9-4-10-22(2)3)11-16(20-12)21-14-7-5-13(17)6-8-14/h5-8,11H,4,9-10H2,1-3H3,(H2,18,19,20,21). The van der Waals surface area contributed by atoms with Gasteiger partial charge in [-0.2, -0.15) is 0 Å². The molecule has 0 saturated carbocycles. The number of rotatable bonds is 7. The molecule has 6 heteroatoms. The van der Waals surface area contributed by atoms with Crippen molar-refractivity contribution in [2.75, 3.05) is 37.8 Å². The Balaban J connectivity index is 1.98. The van der Waals surface area contributed by atoms with E-state index in [0.717, 1.165) is 42.7 Å². The van der Waals surface area contributed by atoms with E-state index in [9.17, 15) is 0 Å². The van der Waals surface area contributed by atoms with Crippen molar-refractivity contribution in [1.29, 1.82) is 0 Å². The highest BCUT2D eigenvalue weighted by Crippen LogP contribution is 2.19. The number of nitrogens with one attached hydrogen (secondary N) is 2. The third-order valence-electron chi connectivity index (χ3n) is 3.04. The minimum atomic E-state index is 0.715. The van der Waals surface area contributed by atoms with E-state index in [2.05, 4.69) is 39.6 Å². The van der Waals surface area contributed by atoms with Gasteiger partial charge in [-0.1, -0.05) is 11.6 Å². The minimum absolute atomic E-state index is 0.715. The molecule has 1 aromatic heterocycles. The minimum Gasteiger partial charge on any atom is -0.370 e. The third kappa shape index (κ3) is 5.50. The zero-order chi connectivity index (χ0) is 15.9. The van der Waals surface area contributed by atoms with Crippen molar-refractivity contribution in [3.8, 4) is 0 Å². The summed E-state index contributed by atoms with van der Waals surface area (Å²) in [6.45, 7) is 3.82. The molecule has 5 nitrogen and oxygen atoms in total. The Morgan fingerprint density at radius 1 is 1.09 bits per heavy atom. The van der Waals surface area contributed by atoms with Crippen LogP contribution in [0.1, 0.15) is 12.2 Å². The molecule has 22 heavy (non-hydrogen) atoms. The molecular weight excluding hydrogens is 298 g/mol.